The van der Waals surface area contributed by atoms with Gasteiger partial charge in [-0.15, -0.1) is 6.42 Å². The number of ether oxygens (including phenoxy) is 1. The van der Waals surface area contributed by atoms with Crippen molar-refractivity contribution in [2.75, 3.05) is 13.2 Å². The molecule has 0 bridgehead atoms. The third kappa shape index (κ3) is 4.92. The largest absolute Gasteiger partial charge is 0.494 e. The third-order valence-corrected chi connectivity index (χ3v) is 2.43. The lowest BCUT2D eigenvalue weighted by atomic mass is 10.1. The molecule has 0 aliphatic heterocycles. The van der Waals surface area contributed by atoms with Crippen LogP contribution in [0.5, 0.6) is 5.75 Å². The minimum Gasteiger partial charge on any atom is -0.494 e. The smallest absolute Gasteiger partial charge is 0.252 e. The van der Waals surface area contributed by atoms with Gasteiger partial charge in [-0.3, -0.25) is 4.79 Å². The Morgan fingerprint density at radius 3 is 2.61 bits per heavy atom. The molecule has 0 aromatic heterocycles. The van der Waals surface area contributed by atoms with Gasteiger partial charge in [-0.05, 0) is 36.6 Å². The van der Waals surface area contributed by atoms with E-state index in [2.05, 4.69) is 25.1 Å². The highest BCUT2D eigenvalue weighted by Gasteiger charge is 2.04. The molecule has 0 atom stereocenters. The van der Waals surface area contributed by atoms with Gasteiger partial charge in [0.15, 0.2) is 0 Å². The van der Waals surface area contributed by atoms with Gasteiger partial charge in [-0.25, -0.2) is 0 Å². The Hall–Kier alpha value is -1.95. The molecule has 3 heteroatoms. The Morgan fingerprint density at radius 1 is 1.39 bits per heavy atom. The molecule has 0 aliphatic rings. The Balaban J connectivity index is 2.47. The molecule has 1 amide bonds. The van der Waals surface area contributed by atoms with Crippen molar-refractivity contribution < 1.29 is 9.53 Å². The number of terminal acetylenes is 1. The molecule has 0 radical (unpaired) electrons. The van der Waals surface area contributed by atoms with Crippen LogP contribution in [0.4, 0.5) is 0 Å². The maximum Gasteiger partial charge on any atom is 0.252 e. The molecule has 1 N–H and O–H groups in total. The summed E-state index contributed by atoms with van der Waals surface area (Å²) in [6.07, 6.45) is 6.09. The SMILES string of the molecule is C#CCNC(=O)c1ccc(OCCC(C)C)cc1. The van der Waals surface area contributed by atoms with E-state index in [1.54, 1.807) is 24.3 Å². The second kappa shape index (κ2) is 7.39. The number of rotatable bonds is 6. The first-order valence-corrected chi connectivity index (χ1v) is 6.08. The van der Waals surface area contributed by atoms with Crippen molar-refractivity contribution in [1.82, 2.24) is 5.32 Å². The molecule has 0 saturated carbocycles. The lowest BCUT2D eigenvalue weighted by Gasteiger charge is -2.08. The number of nitrogens with one attached hydrogen (secondary N) is 1. The Bertz CT molecular complexity index is 415. The summed E-state index contributed by atoms with van der Waals surface area (Å²) in [4.78, 5) is 11.6. The zero-order chi connectivity index (χ0) is 13.4. The molecule has 0 fully saturated rings. The summed E-state index contributed by atoms with van der Waals surface area (Å²) < 4.78 is 5.57. The maximum atomic E-state index is 11.6. The molecule has 0 saturated heterocycles. The molecule has 0 spiro atoms. The molecule has 3 nitrogen and oxygen atoms in total. The molecule has 0 unspecified atom stereocenters. The third-order valence-electron chi connectivity index (χ3n) is 2.43. The van der Waals surface area contributed by atoms with Gasteiger partial charge in [0, 0.05) is 5.56 Å². The monoisotopic (exact) mass is 245 g/mol. The minimum absolute atomic E-state index is 0.165. The average molecular weight is 245 g/mol. The number of carbonyl (C=O) groups excluding carboxylic acids is 1. The summed E-state index contributed by atoms with van der Waals surface area (Å²) in [7, 11) is 0. The molecular weight excluding hydrogens is 226 g/mol. The van der Waals surface area contributed by atoms with Crippen LogP contribution in [-0.4, -0.2) is 19.1 Å². The van der Waals surface area contributed by atoms with Crippen molar-refractivity contribution in [2.24, 2.45) is 5.92 Å². The lowest BCUT2D eigenvalue weighted by Crippen LogP contribution is -2.23. The number of benzene rings is 1. The average Bonchev–Trinajstić information content (AvgIpc) is 2.36. The highest BCUT2D eigenvalue weighted by Crippen LogP contribution is 2.13. The van der Waals surface area contributed by atoms with Crippen molar-refractivity contribution in [3.63, 3.8) is 0 Å². The fraction of sp³-hybridized carbons (Fsp3) is 0.400. The van der Waals surface area contributed by atoms with Gasteiger partial charge in [0.05, 0.1) is 13.2 Å². The number of hydrogen-bond donors (Lipinski definition) is 1. The summed E-state index contributed by atoms with van der Waals surface area (Å²) in [5, 5.41) is 2.61. The summed E-state index contributed by atoms with van der Waals surface area (Å²) in [5.41, 5.74) is 0.585. The van der Waals surface area contributed by atoms with Gasteiger partial charge < -0.3 is 10.1 Å². The normalized spacial score (nSPS) is 9.89. The fourth-order valence-corrected chi connectivity index (χ4v) is 1.35. The first-order chi connectivity index (χ1) is 8.63. The van der Waals surface area contributed by atoms with Gasteiger partial charge in [0.1, 0.15) is 5.75 Å². The number of amides is 1. The number of hydrogen-bond acceptors (Lipinski definition) is 2. The predicted molar refractivity (Wildman–Crippen MR) is 72.6 cm³/mol. The zero-order valence-electron chi connectivity index (χ0n) is 10.9. The molecule has 1 aromatic rings. The maximum absolute atomic E-state index is 11.6. The molecule has 0 aliphatic carbocycles. The Morgan fingerprint density at radius 2 is 2.06 bits per heavy atom. The first-order valence-electron chi connectivity index (χ1n) is 6.08. The standard InChI is InChI=1S/C15H19NO2/c1-4-10-16-15(17)13-5-7-14(8-6-13)18-11-9-12(2)3/h1,5-8,12H,9-11H2,2-3H3,(H,16,17). The van der Waals surface area contributed by atoms with Crippen LogP contribution in [0, 0.1) is 18.3 Å². The van der Waals surface area contributed by atoms with E-state index in [1.165, 1.54) is 0 Å². The van der Waals surface area contributed by atoms with E-state index >= 15 is 0 Å². The van der Waals surface area contributed by atoms with E-state index in [0.29, 0.717) is 18.1 Å². The molecule has 0 heterocycles. The van der Waals surface area contributed by atoms with Gasteiger partial charge >= 0.3 is 0 Å². The molecule has 96 valence electrons. The summed E-state index contributed by atoms with van der Waals surface area (Å²) >= 11 is 0. The van der Waals surface area contributed by atoms with Crippen molar-refractivity contribution in [1.29, 1.82) is 0 Å². The second-order valence-corrected chi connectivity index (χ2v) is 4.44. The van der Waals surface area contributed by atoms with Gasteiger partial charge in [-0.1, -0.05) is 19.8 Å². The Labute approximate surface area is 109 Å². The van der Waals surface area contributed by atoms with Gasteiger partial charge in [0.25, 0.3) is 5.91 Å². The van der Waals surface area contributed by atoms with Crippen LogP contribution in [0.15, 0.2) is 24.3 Å². The van der Waals surface area contributed by atoms with Crippen LogP contribution in [0.3, 0.4) is 0 Å². The molecule has 18 heavy (non-hydrogen) atoms. The summed E-state index contributed by atoms with van der Waals surface area (Å²) in [6.45, 7) is 5.25. The highest BCUT2D eigenvalue weighted by molar-refractivity contribution is 5.94. The second-order valence-electron chi connectivity index (χ2n) is 4.44. The predicted octanol–water partition coefficient (Wildman–Crippen LogP) is 2.47. The van der Waals surface area contributed by atoms with Crippen LogP contribution in [0.1, 0.15) is 30.6 Å². The van der Waals surface area contributed by atoms with Crippen molar-refractivity contribution >= 4 is 5.91 Å². The fourth-order valence-electron chi connectivity index (χ4n) is 1.35. The van der Waals surface area contributed by atoms with Crippen LogP contribution in [0.2, 0.25) is 0 Å². The van der Waals surface area contributed by atoms with Crippen molar-refractivity contribution in [2.45, 2.75) is 20.3 Å². The quantitative estimate of drug-likeness (QED) is 0.782. The van der Waals surface area contributed by atoms with E-state index in [1.807, 2.05) is 0 Å². The lowest BCUT2D eigenvalue weighted by molar-refractivity contribution is 0.0958. The van der Waals surface area contributed by atoms with Gasteiger partial charge in [0.2, 0.25) is 0 Å². The van der Waals surface area contributed by atoms with E-state index < -0.39 is 0 Å². The zero-order valence-corrected chi connectivity index (χ0v) is 10.9. The first kappa shape index (κ1) is 14.1. The molecule has 1 rings (SSSR count). The van der Waals surface area contributed by atoms with Crippen molar-refractivity contribution in [3.8, 4) is 18.1 Å². The van der Waals surface area contributed by atoms with Crippen molar-refractivity contribution in [3.05, 3.63) is 29.8 Å². The number of carbonyl (C=O) groups is 1. The molecule has 1 aromatic carbocycles. The topological polar surface area (TPSA) is 38.3 Å². The van der Waals surface area contributed by atoms with Crippen LogP contribution in [0.25, 0.3) is 0 Å². The van der Waals surface area contributed by atoms with Crippen LogP contribution in [-0.2, 0) is 0 Å². The summed E-state index contributed by atoms with van der Waals surface area (Å²) in [6, 6.07) is 7.06. The molecular formula is C15H19NO2. The van der Waals surface area contributed by atoms with Crippen LogP contribution < -0.4 is 10.1 Å². The van der Waals surface area contributed by atoms with E-state index in [-0.39, 0.29) is 12.5 Å². The van der Waals surface area contributed by atoms with E-state index in [0.717, 1.165) is 12.2 Å². The highest BCUT2D eigenvalue weighted by atomic mass is 16.5. The minimum atomic E-state index is -0.165. The summed E-state index contributed by atoms with van der Waals surface area (Å²) in [5.74, 6) is 3.60. The van der Waals surface area contributed by atoms with E-state index in [4.69, 9.17) is 11.2 Å². The Kier molecular flexibility index (Phi) is 5.79. The van der Waals surface area contributed by atoms with Crippen LogP contribution >= 0.6 is 0 Å². The van der Waals surface area contributed by atoms with E-state index in [9.17, 15) is 4.79 Å². The van der Waals surface area contributed by atoms with Gasteiger partial charge in [-0.2, -0.15) is 0 Å².